The molecule has 0 aromatic heterocycles. The third kappa shape index (κ3) is 5.47. The third-order valence-electron chi connectivity index (χ3n) is 2.86. The van der Waals surface area contributed by atoms with Crippen LogP contribution in [-0.4, -0.2) is 33.5 Å². The zero-order valence-electron chi connectivity index (χ0n) is 12.5. The smallest absolute Gasteiger partial charge is 0.161 e. The lowest BCUT2D eigenvalue weighted by Gasteiger charge is -2.11. The summed E-state index contributed by atoms with van der Waals surface area (Å²) in [5, 5.41) is 0.692. The lowest BCUT2D eigenvalue weighted by molar-refractivity contribution is 0.0757. The Balaban J connectivity index is 1.57. The van der Waals surface area contributed by atoms with Crippen LogP contribution in [-0.2, 0) is 4.74 Å². The number of benzene rings is 2. The van der Waals surface area contributed by atoms with Crippen LogP contribution in [0.1, 0.15) is 0 Å². The number of halogens is 1. The average molecular weight is 323 g/mol. The molecule has 0 aliphatic rings. The van der Waals surface area contributed by atoms with Gasteiger partial charge >= 0.3 is 0 Å². The number of hydrogen-bond donors (Lipinski definition) is 0. The van der Waals surface area contributed by atoms with Crippen molar-refractivity contribution in [1.29, 1.82) is 0 Å². The lowest BCUT2D eigenvalue weighted by Crippen LogP contribution is -2.12. The molecule has 22 heavy (non-hydrogen) atoms. The van der Waals surface area contributed by atoms with Gasteiger partial charge in [-0.2, -0.15) is 0 Å². The maximum atomic E-state index is 5.80. The van der Waals surface area contributed by atoms with Crippen LogP contribution < -0.4 is 14.2 Å². The summed E-state index contributed by atoms with van der Waals surface area (Å²) in [6.45, 7) is 1.93. The molecule has 0 amide bonds. The van der Waals surface area contributed by atoms with E-state index in [1.807, 2.05) is 36.4 Å². The number of methoxy groups -OCH3 is 1. The van der Waals surface area contributed by atoms with E-state index in [4.69, 9.17) is 30.5 Å². The molecule has 0 saturated carbocycles. The van der Waals surface area contributed by atoms with Gasteiger partial charge in [0.05, 0.1) is 20.3 Å². The largest absolute Gasteiger partial charge is 0.493 e. The summed E-state index contributed by atoms with van der Waals surface area (Å²) >= 11 is 5.80. The second kappa shape index (κ2) is 9.18. The van der Waals surface area contributed by atoms with Crippen molar-refractivity contribution in [3.05, 3.63) is 53.6 Å². The van der Waals surface area contributed by atoms with E-state index in [2.05, 4.69) is 0 Å². The molecule has 0 aliphatic carbocycles. The summed E-state index contributed by atoms with van der Waals surface area (Å²) in [5.41, 5.74) is 0. The maximum absolute atomic E-state index is 5.80. The molecule has 2 aromatic carbocycles. The first-order valence-electron chi connectivity index (χ1n) is 7.01. The molecule has 0 N–H and O–H groups in total. The predicted octanol–water partition coefficient (Wildman–Crippen LogP) is 3.82. The molecule has 2 aromatic rings. The van der Waals surface area contributed by atoms with Crippen molar-refractivity contribution in [2.75, 3.05) is 33.5 Å². The molecule has 0 saturated heterocycles. The lowest BCUT2D eigenvalue weighted by atomic mass is 10.3. The van der Waals surface area contributed by atoms with Gasteiger partial charge in [0.1, 0.15) is 19.0 Å². The second-order valence-corrected chi connectivity index (χ2v) is 4.85. The number of para-hydroxylation sites is 2. The monoisotopic (exact) mass is 322 g/mol. The zero-order valence-corrected chi connectivity index (χ0v) is 13.2. The highest BCUT2D eigenvalue weighted by atomic mass is 35.5. The van der Waals surface area contributed by atoms with Gasteiger partial charge in [-0.1, -0.05) is 23.7 Å². The number of hydrogen-bond acceptors (Lipinski definition) is 4. The summed E-state index contributed by atoms with van der Waals surface area (Å²) in [5.74, 6) is 2.21. The van der Waals surface area contributed by atoms with Crippen molar-refractivity contribution in [1.82, 2.24) is 0 Å². The molecule has 0 fully saturated rings. The first kappa shape index (κ1) is 16.5. The van der Waals surface area contributed by atoms with Crippen molar-refractivity contribution >= 4 is 11.6 Å². The van der Waals surface area contributed by atoms with Gasteiger partial charge in [-0.05, 0) is 36.4 Å². The molecular formula is C17H19ClO4. The van der Waals surface area contributed by atoms with E-state index < -0.39 is 0 Å². The summed E-state index contributed by atoms with van der Waals surface area (Å²) in [6, 6.07) is 14.8. The van der Waals surface area contributed by atoms with Crippen molar-refractivity contribution in [2.24, 2.45) is 0 Å². The van der Waals surface area contributed by atoms with E-state index in [9.17, 15) is 0 Å². The molecule has 0 aliphatic heterocycles. The summed E-state index contributed by atoms with van der Waals surface area (Å²) in [7, 11) is 1.62. The first-order chi connectivity index (χ1) is 10.8. The van der Waals surface area contributed by atoms with Crippen LogP contribution in [0, 0.1) is 0 Å². The standard InChI is InChI=1S/C17H19ClO4/c1-19-16-4-2-3-5-17(16)22-13-11-20-10-12-21-15-8-6-14(18)7-9-15/h2-9H,10-13H2,1H3. The molecule has 4 nitrogen and oxygen atoms in total. The van der Waals surface area contributed by atoms with E-state index in [0.29, 0.717) is 42.9 Å². The molecule has 0 spiro atoms. The topological polar surface area (TPSA) is 36.9 Å². The Kier molecular flexibility index (Phi) is 6.87. The molecule has 5 heteroatoms. The van der Waals surface area contributed by atoms with Crippen LogP contribution >= 0.6 is 11.6 Å². The van der Waals surface area contributed by atoms with Crippen molar-refractivity contribution in [3.8, 4) is 17.2 Å². The fourth-order valence-electron chi connectivity index (χ4n) is 1.80. The molecule has 0 radical (unpaired) electrons. The van der Waals surface area contributed by atoms with E-state index in [0.717, 1.165) is 5.75 Å². The second-order valence-electron chi connectivity index (χ2n) is 4.41. The van der Waals surface area contributed by atoms with Crippen molar-refractivity contribution in [2.45, 2.75) is 0 Å². The third-order valence-corrected chi connectivity index (χ3v) is 3.12. The quantitative estimate of drug-likeness (QED) is 0.658. The minimum absolute atomic E-state index is 0.460. The Hall–Kier alpha value is -1.91. The van der Waals surface area contributed by atoms with Gasteiger partial charge < -0.3 is 18.9 Å². The molecule has 0 bridgehead atoms. The Morgan fingerprint density at radius 2 is 1.41 bits per heavy atom. The first-order valence-corrected chi connectivity index (χ1v) is 7.39. The van der Waals surface area contributed by atoms with Crippen molar-refractivity contribution < 1.29 is 18.9 Å². The van der Waals surface area contributed by atoms with Crippen LogP contribution in [0.3, 0.4) is 0 Å². The van der Waals surface area contributed by atoms with Gasteiger partial charge in [-0.3, -0.25) is 0 Å². The molecule has 2 rings (SSSR count). The maximum Gasteiger partial charge on any atom is 0.161 e. The van der Waals surface area contributed by atoms with E-state index in [1.54, 1.807) is 19.2 Å². The minimum Gasteiger partial charge on any atom is -0.493 e. The van der Waals surface area contributed by atoms with E-state index in [1.165, 1.54) is 0 Å². The molecule has 0 unspecified atom stereocenters. The van der Waals surface area contributed by atoms with Gasteiger partial charge in [0, 0.05) is 5.02 Å². The molecule has 0 heterocycles. The van der Waals surface area contributed by atoms with Crippen LogP contribution in [0.5, 0.6) is 17.2 Å². The Labute approximate surface area is 135 Å². The van der Waals surface area contributed by atoms with Gasteiger partial charge in [0.2, 0.25) is 0 Å². The van der Waals surface area contributed by atoms with Gasteiger partial charge in [-0.15, -0.1) is 0 Å². The summed E-state index contributed by atoms with van der Waals surface area (Å²) < 4.78 is 21.8. The van der Waals surface area contributed by atoms with Crippen LogP contribution in [0.15, 0.2) is 48.5 Å². The fourth-order valence-corrected chi connectivity index (χ4v) is 1.93. The highest BCUT2D eigenvalue weighted by Gasteiger charge is 2.01. The SMILES string of the molecule is COc1ccccc1OCCOCCOc1ccc(Cl)cc1. The highest BCUT2D eigenvalue weighted by Crippen LogP contribution is 2.25. The van der Waals surface area contributed by atoms with Gasteiger partial charge in [-0.25, -0.2) is 0 Å². The Morgan fingerprint density at radius 3 is 2.09 bits per heavy atom. The number of rotatable bonds is 9. The Morgan fingerprint density at radius 1 is 0.773 bits per heavy atom. The van der Waals surface area contributed by atoms with Gasteiger partial charge in [0.25, 0.3) is 0 Å². The number of ether oxygens (including phenoxy) is 4. The van der Waals surface area contributed by atoms with Gasteiger partial charge in [0.15, 0.2) is 11.5 Å². The average Bonchev–Trinajstić information content (AvgIpc) is 2.56. The Bertz CT molecular complexity index is 557. The predicted molar refractivity (Wildman–Crippen MR) is 86.3 cm³/mol. The fraction of sp³-hybridized carbons (Fsp3) is 0.294. The molecule has 118 valence electrons. The van der Waals surface area contributed by atoms with E-state index >= 15 is 0 Å². The van der Waals surface area contributed by atoms with Crippen LogP contribution in [0.2, 0.25) is 5.02 Å². The van der Waals surface area contributed by atoms with Crippen LogP contribution in [0.4, 0.5) is 0 Å². The highest BCUT2D eigenvalue weighted by molar-refractivity contribution is 6.30. The van der Waals surface area contributed by atoms with Crippen LogP contribution in [0.25, 0.3) is 0 Å². The minimum atomic E-state index is 0.460. The molecule has 0 atom stereocenters. The van der Waals surface area contributed by atoms with Crippen molar-refractivity contribution in [3.63, 3.8) is 0 Å². The normalized spacial score (nSPS) is 10.3. The summed E-state index contributed by atoms with van der Waals surface area (Å²) in [4.78, 5) is 0. The molecular weight excluding hydrogens is 304 g/mol. The van der Waals surface area contributed by atoms with E-state index in [-0.39, 0.29) is 0 Å². The zero-order chi connectivity index (χ0) is 15.6. The summed E-state index contributed by atoms with van der Waals surface area (Å²) in [6.07, 6.45) is 0.